The Morgan fingerprint density at radius 3 is 2.62 bits per heavy atom. The number of nitrogens with one attached hydrogen (secondary N) is 2. The molecule has 4 rings (SSSR count). The number of pyridine rings is 1. The second kappa shape index (κ2) is 7.60. The van der Waals surface area contributed by atoms with E-state index >= 15 is 0 Å². The largest absolute Gasteiger partial charge is 0.346 e. The molecule has 1 saturated heterocycles. The van der Waals surface area contributed by atoms with Gasteiger partial charge in [-0.05, 0) is 35.1 Å². The van der Waals surface area contributed by atoms with Gasteiger partial charge in [0.25, 0.3) is 0 Å². The summed E-state index contributed by atoms with van der Waals surface area (Å²) in [6.07, 6.45) is 3.86. The Bertz CT molecular complexity index is 829. The van der Waals surface area contributed by atoms with E-state index in [-0.39, 0.29) is 0 Å². The van der Waals surface area contributed by atoms with Crippen molar-refractivity contribution in [3.05, 3.63) is 66.0 Å². The topological polar surface area (TPSA) is 44.0 Å². The van der Waals surface area contributed by atoms with E-state index in [4.69, 9.17) is 0 Å². The van der Waals surface area contributed by atoms with Gasteiger partial charge >= 0.3 is 0 Å². The zero-order valence-electron chi connectivity index (χ0n) is 15.7. The molecule has 3 heterocycles. The van der Waals surface area contributed by atoms with Crippen molar-refractivity contribution in [2.45, 2.75) is 33.0 Å². The monoisotopic (exact) mass is 348 g/mol. The highest BCUT2D eigenvalue weighted by atomic mass is 15.2. The van der Waals surface area contributed by atoms with Crippen molar-refractivity contribution < 1.29 is 0 Å². The van der Waals surface area contributed by atoms with Crippen molar-refractivity contribution in [3.63, 3.8) is 0 Å². The highest BCUT2D eigenvalue weighted by molar-refractivity contribution is 5.79. The Hall–Kier alpha value is -2.17. The fourth-order valence-corrected chi connectivity index (χ4v) is 4.45. The van der Waals surface area contributed by atoms with Crippen molar-refractivity contribution in [2.75, 3.05) is 13.1 Å². The quantitative estimate of drug-likeness (QED) is 0.737. The third-order valence-electron chi connectivity index (χ3n) is 5.65. The number of aromatic nitrogens is 2. The van der Waals surface area contributed by atoms with Gasteiger partial charge in [0, 0.05) is 50.0 Å². The molecule has 136 valence electrons. The summed E-state index contributed by atoms with van der Waals surface area (Å²) in [6.45, 7) is 9.00. The van der Waals surface area contributed by atoms with Crippen LogP contribution in [0.15, 0.2) is 54.9 Å². The number of likely N-dealkylation sites (tertiary alicyclic amines) is 1. The Labute approximate surface area is 155 Å². The van der Waals surface area contributed by atoms with Gasteiger partial charge in [0.15, 0.2) is 0 Å². The molecule has 1 aromatic carbocycles. The summed E-state index contributed by atoms with van der Waals surface area (Å²) in [7, 11) is 0. The molecule has 1 fully saturated rings. The van der Waals surface area contributed by atoms with Crippen molar-refractivity contribution >= 4 is 11.0 Å². The lowest BCUT2D eigenvalue weighted by molar-refractivity contribution is 0.0940. The van der Waals surface area contributed by atoms with Crippen molar-refractivity contribution in [3.8, 4) is 0 Å². The van der Waals surface area contributed by atoms with Crippen LogP contribution in [0.4, 0.5) is 0 Å². The number of hydrogen-bond donors (Lipinski definition) is 2. The maximum Gasteiger partial charge on any atom is 0.137 e. The number of piperidine rings is 1. The predicted octanol–water partition coefficient (Wildman–Crippen LogP) is 3.81. The van der Waals surface area contributed by atoms with Crippen LogP contribution in [0.25, 0.3) is 11.0 Å². The maximum atomic E-state index is 4.39. The van der Waals surface area contributed by atoms with E-state index in [1.807, 2.05) is 12.4 Å². The van der Waals surface area contributed by atoms with Crippen molar-refractivity contribution in [2.24, 2.45) is 11.8 Å². The Morgan fingerprint density at radius 1 is 1.08 bits per heavy atom. The standard InChI is InChI=1S/C22H28N4/c1-16-13-26(15-18-6-4-3-5-7-18)14-17(2)21(16)25-12-19-8-10-23-22-20(19)9-11-24-22/h3-11,16-17,21,25H,12-15H2,1-2H3,(H,23,24). The summed E-state index contributed by atoms with van der Waals surface area (Å²) in [6, 6.07) is 15.6. The first-order valence-corrected chi connectivity index (χ1v) is 9.61. The van der Waals surface area contributed by atoms with Gasteiger partial charge in [0.2, 0.25) is 0 Å². The highest BCUT2D eigenvalue weighted by Crippen LogP contribution is 2.24. The van der Waals surface area contributed by atoms with Gasteiger partial charge in [-0.25, -0.2) is 4.98 Å². The summed E-state index contributed by atoms with van der Waals surface area (Å²) in [4.78, 5) is 10.2. The lowest BCUT2D eigenvalue weighted by atomic mass is 9.85. The number of rotatable bonds is 5. The first kappa shape index (κ1) is 17.3. The minimum Gasteiger partial charge on any atom is -0.346 e. The Kier molecular flexibility index (Phi) is 5.05. The first-order valence-electron chi connectivity index (χ1n) is 9.61. The van der Waals surface area contributed by atoms with E-state index in [2.05, 4.69) is 76.5 Å². The summed E-state index contributed by atoms with van der Waals surface area (Å²) in [5.41, 5.74) is 3.70. The second-order valence-corrected chi connectivity index (χ2v) is 7.75. The van der Waals surface area contributed by atoms with E-state index in [0.29, 0.717) is 17.9 Å². The highest BCUT2D eigenvalue weighted by Gasteiger charge is 2.31. The third-order valence-corrected chi connectivity index (χ3v) is 5.65. The van der Waals surface area contributed by atoms with Crippen LogP contribution in [0.5, 0.6) is 0 Å². The smallest absolute Gasteiger partial charge is 0.137 e. The fraction of sp³-hybridized carbons (Fsp3) is 0.409. The number of benzene rings is 1. The van der Waals surface area contributed by atoms with Gasteiger partial charge < -0.3 is 10.3 Å². The number of aromatic amines is 1. The molecule has 2 aromatic heterocycles. The zero-order chi connectivity index (χ0) is 17.9. The Morgan fingerprint density at radius 2 is 1.85 bits per heavy atom. The van der Waals surface area contributed by atoms with Crippen LogP contribution < -0.4 is 5.32 Å². The zero-order valence-corrected chi connectivity index (χ0v) is 15.7. The van der Waals surface area contributed by atoms with Gasteiger partial charge in [-0.1, -0.05) is 44.2 Å². The molecular weight excluding hydrogens is 320 g/mol. The van der Waals surface area contributed by atoms with Crippen LogP contribution in [0.1, 0.15) is 25.0 Å². The van der Waals surface area contributed by atoms with E-state index in [1.54, 1.807) is 0 Å². The lowest BCUT2D eigenvalue weighted by Gasteiger charge is -2.42. The van der Waals surface area contributed by atoms with Gasteiger partial charge in [-0.2, -0.15) is 0 Å². The number of nitrogens with zero attached hydrogens (tertiary/aromatic N) is 2. The van der Waals surface area contributed by atoms with Crippen LogP contribution in [0.3, 0.4) is 0 Å². The average molecular weight is 348 g/mol. The molecule has 0 radical (unpaired) electrons. The molecule has 0 bridgehead atoms. The van der Waals surface area contributed by atoms with Crippen LogP contribution in [0.2, 0.25) is 0 Å². The number of hydrogen-bond acceptors (Lipinski definition) is 3. The van der Waals surface area contributed by atoms with Crippen molar-refractivity contribution in [1.82, 2.24) is 20.2 Å². The van der Waals surface area contributed by atoms with E-state index in [0.717, 1.165) is 31.8 Å². The van der Waals surface area contributed by atoms with E-state index < -0.39 is 0 Å². The fourth-order valence-electron chi connectivity index (χ4n) is 4.45. The molecule has 26 heavy (non-hydrogen) atoms. The van der Waals surface area contributed by atoms with Crippen LogP contribution in [-0.4, -0.2) is 34.0 Å². The molecular formula is C22H28N4. The average Bonchev–Trinajstić information content (AvgIpc) is 3.11. The van der Waals surface area contributed by atoms with Gasteiger partial charge in [-0.3, -0.25) is 4.90 Å². The molecule has 2 atom stereocenters. The molecule has 4 nitrogen and oxygen atoms in total. The van der Waals surface area contributed by atoms with E-state index in [1.165, 1.54) is 16.5 Å². The molecule has 2 unspecified atom stereocenters. The number of H-pyrrole nitrogens is 1. The maximum absolute atomic E-state index is 4.39. The molecule has 1 aliphatic rings. The van der Waals surface area contributed by atoms with Gasteiger partial charge in [0.05, 0.1) is 0 Å². The van der Waals surface area contributed by atoms with Gasteiger partial charge in [-0.15, -0.1) is 0 Å². The summed E-state index contributed by atoms with van der Waals surface area (Å²) < 4.78 is 0. The van der Waals surface area contributed by atoms with Crippen LogP contribution in [0, 0.1) is 11.8 Å². The normalized spacial score (nSPS) is 24.2. The molecule has 0 spiro atoms. The molecule has 4 heteroatoms. The summed E-state index contributed by atoms with van der Waals surface area (Å²) in [5.74, 6) is 1.26. The molecule has 1 aliphatic heterocycles. The van der Waals surface area contributed by atoms with Crippen molar-refractivity contribution in [1.29, 1.82) is 0 Å². The lowest BCUT2D eigenvalue weighted by Crippen LogP contribution is -2.52. The summed E-state index contributed by atoms with van der Waals surface area (Å²) >= 11 is 0. The van der Waals surface area contributed by atoms with E-state index in [9.17, 15) is 0 Å². The minimum atomic E-state index is 0.546. The van der Waals surface area contributed by atoms with Gasteiger partial charge in [0.1, 0.15) is 5.65 Å². The minimum absolute atomic E-state index is 0.546. The second-order valence-electron chi connectivity index (χ2n) is 7.75. The predicted molar refractivity (Wildman–Crippen MR) is 107 cm³/mol. The molecule has 0 amide bonds. The molecule has 3 aromatic rings. The Balaban J connectivity index is 1.38. The molecule has 2 N–H and O–H groups in total. The van der Waals surface area contributed by atoms with Crippen LogP contribution >= 0.6 is 0 Å². The van der Waals surface area contributed by atoms with Crippen LogP contribution in [-0.2, 0) is 13.1 Å². The SMILES string of the molecule is CC1CN(Cc2ccccc2)CC(C)C1NCc1ccnc2[nH]ccc12. The first-order chi connectivity index (χ1) is 12.7. The molecule has 0 aliphatic carbocycles. The number of fused-ring (bicyclic) bond motifs is 1. The third kappa shape index (κ3) is 3.67. The molecule has 0 saturated carbocycles. The summed E-state index contributed by atoms with van der Waals surface area (Å²) in [5, 5.41) is 5.06.